The summed E-state index contributed by atoms with van der Waals surface area (Å²) in [6.07, 6.45) is 1.40. The molecular weight excluding hydrogens is 180 g/mol. The molecule has 0 heterocycles. The zero-order valence-corrected chi connectivity index (χ0v) is 9.36. The third kappa shape index (κ3) is 4.07. The fourth-order valence-corrected chi connectivity index (χ4v) is 1.15. The van der Waals surface area contributed by atoms with Crippen molar-refractivity contribution in [2.24, 2.45) is 11.7 Å². The molecule has 0 aliphatic rings. The van der Waals surface area contributed by atoms with Gasteiger partial charge in [-0.3, -0.25) is 4.79 Å². The third-order valence-corrected chi connectivity index (χ3v) is 2.69. The van der Waals surface area contributed by atoms with Gasteiger partial charge in [0.2, 0.25) is 5.91 Å². The largest absolute Gasteiger partial charge is 0.394 e. The van der Waals surface area contributed by atoms with Gasteiger partial charge in [-0.15, -0.1) is 0 Å². The highest BCUT2D eigenvalue weighted by Gasteiger charge is 2.17. The Morgan fingerprint density at radius 2 is 2.14 bits per heavy atom. The smallest absolute Gasteiger partial charge is 0.222 e. The van der Waals surface area contributed by atoms with Gasteiger partial charge in [0.1, 0.15) is 0 Å². The molecule has 0 aliphatic heterocycles. The molecule has 0 aromatic rings. The summed E-state index contributed by atoms with van der Waals surface area (Å²) in [4.78, 5) is 13.2. The van der Waals surface area contributed by atoms with E-state index in [1.54, 1.807) is 11.9 Å². The summed E-state index contributed by atoms with van der Waals surface area (Å²) in [7, 11) is 1.71. The van der Waals surface area contributed by atoms with E-state index in [1.165, 1.54) is 0 Å². The Kier molecular flexibility index (Phi) is 6.49. The van der Waals surface area contributed by atoms with Crippen molar-refractivity contribution in [1.29, 1.82) is 0 Å². The Hall–Kier alpha value is -0.610. The maximum atomic E-state index is 11.6. The standard InChI is InChI=1S/C10H22N2O2/c1-4-9(6-11)5-10(14)12(3)8(2)7-13/h8-9,13H,4-7,11H2,1-3H3. The van der Waals surface area contributed by atoms with Crippen molar-refractivity contribution in [2.75, 3.05) is 20.2 Å². The van der Waals surface area contributed by atoms with Crippen molar-refractivity contribution in [3.63, 3.8) is 0 Å². The second-order valence-electron chi connectivity index (χ2n) is 3.75. The molecule has 0 rings (SSSR count). The van der Waals surface area contributed by atoms with Crippen LogP contribution in [0.3, 0.4) is 0 Å². The van der Waals surface area contributed by atoms with Gasteiger partial charge in [0, 0.05) is 13.5 Å². The summed E-state index contributed by atoms with van der Waals surface area (Å²) in [6, 6.07) is -0.113. The average molecular weight is 202 g/mol. The number of likely N-dealkylation sites (N-methyl/N-ethyl adjacent to an activating group) is 1. The first kappa shape index (κ1) is 13.4. The van der Waals surface area contributed by atoms with E-state index in [0.29, 0.717) is 13.0 Å². The average Bonchev–Trinajstić information content (AvgIpc) is 2.23. The zero-order chi connectivity index (χ0) is 11.1. The predicted octanol–water partition coefficient (Wildman–Crippen LogP) is 0.201. The topological polar surface area (TPSA) is 66.6 Å². The van der Waals surface area contributed by atoms with Gasteiger partial charge in [-0.05, 0) is 19.4 Å². The number of hydrogen-bond acceptors (Lipinski definition) is 3. The van der Waals surface area contributed by atoms with Crippen molar-refractivity contribution in [1.82, 2.24) is 4.90 Å². The molecular formula is C10H22N2O2. The monoisotopic (exact) mass is 202 g/mol. The summed E-state index contributed by atoms with van der Waals surface area (Å²) in [6.45, 7) is 4.40. The number of aliphatic hydroxyl groups is 1. The fraction of sp³-hybridized carbons (Fsp3) is 0.900. The highest BCUT2D eigenvalue weighted by Crippen LogP contribution is 2.09. The quantitative estimate of drug-likeness (QED) is 0.646. The van der Waals surface area contributed by atoms with E-state index in [0.717, 1.165) is 6.42 Å². The fourth-order valence-electron chi connectivity index (χ4n) is 1.15. The Labute approximate surface area is 86.1 Å². The zero-order valence-electron chi connectivity index (χ0n) is 9.36. The molecule has 3 N–H and O–H groups in total. The number of rotatable bonds is 6. The molecule has 14 heavy (non-hydrogen) atoms. The summed E-state index contributed by atoms with van der Waals surface area (Å²) >= 11 is 0. The minimum absolute atomic E-state index is 0.00164. The number of amides is 1. The molecule has 84 valence electrons. The number of nitrogens with two attached hydrogens (primary N) is 1. The maximum absolute atomic E-state index is 11.6. The second-order valence-corrected chi connectivity index (χ2v) is 3.75. The summed E-state index contributed by atoms with van der Waals surface area (Å²) in [5, 5.41) is 8.88. The molecule has 0 radical (unpaired) electrons. The lowest BCUT2D eigenvalue weighted by Gasteiger charge is -2.25. The molecule has 0 aliphatic carbocycles. The normalized spacial score (nSPS) is 14.9. The van der Waals surface area contributed by atoms with Crippen LogP contribution in [0.5, 0.6) is 0 Å². The van der Waals surface area contributed by atoms with Crippen molar-refractivity contribution in [3.8, 4) is 0 Å². The highest BCUT2D eigenvalue weighted by molar-refractivity contribution is 5.76. The molecule has 0 fully saturated rings. The van der Waals surface area contributed by atoms with Crippen LogP contribution in [-0.2, 0) is 4.79 Å². The second kappa shape index (κ2) is 6.79. The van der Waals surface area contributed by atoms with E-state index in [1.807, 2.05) is 13.8 Å². The Balaban J connectivity index is 4.06. The van der Waals surface area contributed by atoms with Crippen LogP contribution >= 0.6 is 0 Å². The number of nitrogens with zero attached hydrogens (tertiary/aromatic N) is 1. The van der Waals surface area contributed by atoms with Gasteiger partial charge in [0.05, 0.1) is 12.6 Å². The number of aliphatic hydroxyl groups excluding tert-OH is 1. The molecule has 0 saturated carbocycles. The van der Waals surface area contributed by atoms with Gasteiger partial charge in [0.25, 0.3) is 0 Å². The first-order valence-electron chi connectivity index (χ1n) is 5.13. The van der Waals surface area contributed by atoms with Crippen molar-refractivity contribution >= 4 is 5.91 Å². The Morgan fingerprint density at radius 1 is 1.57 bits per heavy atom. The van der Waals surface area contributed by atoms with Crippen LogP contribution in [0.2, 0.25) is 0 Å². The Bertz CT molecular complexity index is 170. The molecule has 0 saturated heterocycles. The van der Waals surface area contributed by atoms with E-state index in [2.05, 4.69) is 0 Å². The van der Waals surface area contributed by atoms with Crippen LogP contribution in [-0.4, -0.2) is 42.2 Å². The summed E-state index contributed by atoms with van der Waals surface area (Å²) in [5.74, 6) is 0.319. The lowest BCUT2D eigenvalue weighted by Crippen LogP contribution is -2.38. The van der Waals surface area contributed by atoms with Gasteiger partial charge in [0.15, 0.2) is 0 Å². The molecule has 1 amide bonds. The first-order valence-corrected chi connectivity index (χ1v) is 5.13. The van der Waals surface area contributed by atoms with Crippen LogP contribution in [0.1, 0.15) is 26.7 Å². The summed E-state index contributed by atoms with van der Waals surface area (Å²) in [5.41, 5.74) is 5.52. The van der Waals surface area contributed by atoms with Gasteiger partial charge in [-0.2, -0.15) is 0 Å². The number of carbonyl (C=O) groups is 1. The van der Waals surface area contributed by atoms with Crippen molar-refractivity contribution in [3.05, 3.63) is 0 Å². The van der Waals surface area contributed by atoms with E-state index in [9.17, 15) is 4.79 Å². The lowest BCUT2D eigenvalue weighted by atomic mass is 10.0. The van der Waals surface area contributed by atoms with Crippen LogP contribution in [0.4, 0.5) is 0 Å². The molecule has 4 heteroatoms. The minimum atomic E-state index is -0.113. The van der Waals surface area contributed by atoms with E-state index in [-0.39, 0.29) is 24.5 Å². The van der Waals surface area contributed by atoms with Gasteiger partial charge >= 0.3 is 0 Å². The first-order chi connectivity index (χ1) is 6.56. The van der Waals surface area contributed by atoms with Gasteiger partial charge in [-0.25, -0.2) is 0 Å². The number of carbonyl (C=O) groups excluding carboxylic acids is 1. The molecule has 0 aromatic heterocycles. The van der Waals surface area contributed by atoms with Crippen molar-refractivity contribution < 1.29 is 9.90 Å². The Morgan fingerprint density at radius 3 is 2.50 bits per heavy atom. The third-order valence-electron chi connectivity index (χ3n) is 2.69. The minimum Gasteiger partial charge on any atom is -0.394 e. The summed E-state index contributed by atoms with van der Waals surface area (Å²) < 4.78 is 0. The molecule has 4 nitrogen and oxygen atoms in total. The predicted molar refractivity (Wildman–Crippen MR) is 56.8 cm³/mol. The highest BCUT2D eigenvalue weighted by atomic mass is 16.3. The molecule has 2 unspecified atom stereocenters. The molecule has 0 spiro atoms. The van der Waals surface area contributed by atoms with Crippen LogP contribution in [0.15, 0.2) is 0 Å². The van der Waals surface area contributed by atoms with Gasteiger partial charge < -0.3 is 15.7 Å². The molecule has 0 aromatic carbocycles. The SMILES string of the molecule is CCC(CN)CC(=O)N(C)C(C)CO. The maximum Gasteiger partial charge on any atom is 0.222 e. The van der Waals surface area contributed by atoms with Crippen LogP contribution < -0.4 is 5.73 Å². The molecule has 0 bridgehead atoms. The number of hydrogen-bond donors (Lipinski definition) is 2. The van der Waals surface area contributed by atoms with E-state index < -0.39 is 0 Å². The van der Waals surface area contributed by atoms with Crippen molar-refractivity contribution in [2.45, 2.75) is 32.7 Å². The van der Waals surface area contributed by atoms with Crippen LogP contribution in [0, 0.1) is 5.92 Å². The lowest BCUT2D eigenvalue weighted by molar-refractivity contribution is -0.133. The molecule has 2 atom stereocenters. The van der Waals surface area contributed by atoms with Crippen LogP contribution in [0.25, 0.3) is 0 Å². The van der Waals surface area contributed by atoms with Gasteiger partial charge in [-0.1, -0.05) is 13.3 Å². The van der Waals surface area contributed by atoms with E-state index >= 15 is 0 Å². The van der Waals surface area contributed by atoms with E-state index in [4.69, 9.17) is 10.8 Å².